The van der Waals surface area contributed by atoms with Crippen LogP contribution in [0, 0.1) is 33.5 Å². The van der Waals surface area contributed by atoms with E-state index in [1.807, 2.05) is 12.1 Å². The van der Waals surface area contributed by atoms with E-state index in [1.54, 1.807) is 19.2 Å². The molecule has 1 saturated heterocycles. The van der Waals surface area contributed by atoms with Crippen LogP contribution in [-0.2, 0) is 9.47 Å². The monoisotopic (exact) mass is 310 g/mol. The van der Waals surface area contributed by atoms with Gasteiger partial charge in [0.15, 0.2) is 5.41 Å². The van der Waals surface area contributed by atoms with Gasteiger partial charge >= 0.3 is 0 Å². The van der Waals surface area contributed by atoms with E-state index in [2.05, 4.69) is 17.1 Å². The molecular weight excluding hydrogens is 296 g/mol. The largest absolute Gasteiger partial charge is 0.497 e. The summed E-state index contributed by atoms with van der Waals surface area (Å²) < 4.78 is 16.6. The second-order valence-electron chi connectivity index (χ2n) is 5.83. The van der Waals surface area contributed by atoms with Crippen LogP contribution in [0.25, 0.3) is 0 Å². The first-order valence-corrected chi connectivity index (χ1v) is 7.22. The molecule has 0 bridgehead atoms. The van der Waals surface area contributed by atoms with Crippen molar-refractivity contribution in [2.24, 2.45) is 21.6 Å². The summed E-state index contributed by atoms with van der Waals surface area (Å²) in [6.07, 6.45) is 0. The van der Waals surface area contributed by atoms with Gasteiger partial charge in [0, 0.05) is 5.92 Å². The van der Waals surface area contributed by atoms with E-state index in [-0.39, 0.29) is 5.84 Å². The number of hydrogen-bond donors (Lipinski definition) is 1. The molecule has 116 valence electrons. The first-order valence-electron chi connectivity index (χ1n) is 7.22. The lowest BCUT2D eigenvalue weighted by atomic mass is 9.94. The van der Waals surface area contributed by atoms with Gasteiger partial charge in [-0.1, -0.05) is 12.1 Å². The van der Waals surface area contributed by atoms with Crippen LogP contribution < -0.4 is 10.5 Å². The number of amidine groups is 1. The number of nitrogens with zero attached hydrogens (tertiary/aromatic N) is 3. The molecular formula is C16H14N4O3. The highest BCUT2D eigenvalue weighted by atomic mass is 16.8. The van der Waals surface area contributed by atoms with Crippen LogP contribution in [0.2, 0.25) is 0 Å². The third-order valence-corrected chi connectivity index (χ3v) is 5.03. The predicted octanol–water partition coefficient (Wildman–Crippen LogP) is 0.884. The minimum Gasteiger partial charge on any atom is -0.497 e. The highest BCUT2D eigenvalue weighted by Gasteiger charge is 2.94. The van der Waals surface area contributed by atoms with E-state index >= 15 is 0 Å². The maximum Gasteiger partial charge on any atom is 0.293 e. The molecule has 0 radical (unpaired) electrons. The van der Waals surface area contributed by atoms with Crippen LogP contribution in [0.4, 0.5) is 0 Å². The predicted molar refractivity (Wildman–Crippen MR) is 78.1 cm³/mol. The Bertz CT molecular complexity index is 802. The summed E-state index contributed by atoms with van der Waals surface area (Å²) in [5.41, 5.74) is 4.33. The summed E-state index contributed by atoms with van der Waals surface area (Å²) in [6.45, 7) is 0.624. The molecule has 2 N–H and O–H groups in total. The first kappa shape index (κ1) is 14.0. The zero-order valence-electron chi connectivity index (χ0n) is 12.4. The van der Waals surface area contributed by atoms with E-state index in [1.165, 1.54) is 0 Å². The van der Waals surface area contributed by atoms with E-state index in [4.69, 9.17) is 19.9 Å². The molecule has 0 amide bonds. The van der Waals surface area contributed by atoms with Gasteiger partial charge in [-0.05, 0) is 17.7 Å². The van der Waals surface area contributed by atoms with E-state index in [0.29, 0.717) is 19.0 Å². The number of nitrogens with two attached hydrogens (primary N) is 1. The van der Waals surface area contributed by atoms with Gasteiger partial charge in [0.2, 0.25) is 0 Å². The van der Waals surface area contributed by atoms with Gasteiger partial charge in [0.25, 0.3) is 5.91 Å². The number of fused-ring (bicyclic) bond motifs is 2. The van der Waals surface area contributed by atoms with Crippen LogP contribution in [0.5, 0.6) is 5.75 Å². The summed E-state index contributed by atoms with van der Waals surface area (Å²) in [4.78, 5) is 4.23. The molecule has 23 heavy (non-hydrogen) atoms. The fourth-order valence-corrected chi connectivity index (χ4v) is 4.04. The first-order chi connectivity index (χ1) is 11.1. The molecule has 2 fully saturated rings. The lowest BCUT2D eigenvalue weighted by Crippen LogP contribution is -2.38. The number of benzene rings is 1. The second-order valence-corrected chi connectivity index (χ2v) is 5.83. The smallest absolute Gasteiger partial charge is 0.293 e. The van der Waals surface area contributed by atoms with Gasteiger partial charge in [0.05, 0.1) is 32.5 Å². The van der Waals surface area contributed by atoms with Gasteiger partial charge in [-0.15, -0.1) is 0 Å². The standard InChI is InChI=1S/C16H14N4O3/c1-21-11-4-2-3-10(7-11)12-14(8-17)13(19)20-16(15(12,14)9-18)22-5-6-23-16/h2-4,7,12H,5-6H2,1H3,(H2,19,20)/t12-,14+,15+/m0/s1. The molecule has 1 spiro atoms. The second kappa shape index (κ2) is 4.23. The summed E-state index contributed by atoms with van der Waals surface area (Å²) in [5, 5.41) is 19.8. The Kier molecular flexibility index (Phi) is 2.57. The number of rotatable bonds is 2. The molecule has 1 aromatic carbocycles. The van der Waals surface area contributed by atoms with Crippen LogP contribution in [0.15, 0.2) is 29.3 Å². The maximum absolute atomic E-state index is 9.94. The average molecular weight is 310 g/mol. The third kappa shape index (κ3) is 1.29. The number of aliphatic imine (C=N–C) groups is 1. The van der Waals surface area contributed by atoms with Crippen LogP contribution in [0.3, 0.4) is 0 Å². The van der Waals surface area contributed by atoms with Crippen molar-refractivity contribution >= 4 is 5.84 Å². The third-order valence-electron chi connectivity index (χ3n) is 5.03. The fraction of sp³-hybridized carbons (Fsp3) is 0.438. The number of hydrogen-bond acceptors (Lipinski definition) is 7. The summed E-state index contributed by atoms with van der Waals surface area (Å²) in [6, 6.07) is 11.7. The highest BCUT2D eigenvalue weighted by molar-refractivity contribution is 6.00. The average Bonchev–Trinajstić information content (AvgIpc) is 2.84. The summed E-state index contributed by atoms with van der Waals surface area (Å²) in [5.74, 6) is -1.23. The van der Waals surface area contributed by atoms with Crippen molar-refractivity contribution < 1.29 is 14.2 Å². The van der Waals surface area contributed by atoms with Crippen molar-refractivity contribution in [2.75, 3.05) is 20.3 Å². The Morgan fingerprint density at radius 3 is 2.65 bits per heavy atom. The molecule has 2 heterocycles. The topological polar surface area (TPSA) is 114 Å². The Labute approximate surface area is 132 Å². The fourth-order valence-electron chi connectivity index (χ4n) is 4.04. The maximum atomic E-state index is 9.94. The Morgan fingerprint density at radius 1 is 1.30 bits per heavy atom. The van der Waals surface area contributed by atoms with Gasteiger partial charge in [0.1, 0.15) is 17.0 Å². The van der Waals surface area contributed by atoms with Crippen molar-refractivity contribution in [1.29, 1.82) is 10.5 Å². The van der Waals surface area contributed by atoms with Crippen molar-refractivity contribution in [2.45, 2.75) is 11.8 Å². The molecule has 1 aromatic rings. The van der Waals surface area contributed by atoms with Gasteiger partial charge in [-0.2, -0.15) is 10.5 Å². The number of methoxy groups -OCH3 is 1. The molecule has 7 nitrogen and oxygen atoms in total. The molecule has 7 heteroatoms. The SMILES string of the molecule is COc1cccc([C@H]2[C@]3(C#N)C(N)=NC4(OCCO4)[C@]23C#N)c1. The normalized spacial score (nSPS) is 36.0. The van der Waals surface area contributed by atoms with E-state index in [9.17, 15) is 10.5 Å². The van der Waals surface area contributed by atoms with E-state index < -0.39 is 22.7 Å². The molecule has 0 unspecified atom stereocenters. The van der Waals surface area contributed by atoms with Crippen molar-refractivity contribution in [3.05, 3.63) is 29.8 Å². The van der Waals surface area contributed by atoms with Gasteiger partial charge in [-0.3, -0.25) is 0 Å². The number of ether oxygens (including phenoxy) is 3. The molecule has 0 aromatic heterocycles. The molecule has 3 atom stereocenters. The van der Waals surface area contributed by atoms with Crippen molar-refractivity contribution in [3.63, 3.8) is 0 Å². The lowest BCUT2D eigenvalue weighted by molar-refractivity contribution is -0.184. The van der Waals surface area contributed by atoms with Crippen molar-refractivity contribution in [1.82, 2.24) is 0 Å². The zero-order valence-corrected chi connectivity index (χ0v) is 12.4. The van der Waals surface area contributed by atoms with Crippen LogP contribution >= 0.6 is 0 Å². The zero-order chi connectivity index (χ0) is 16.3. The lowest BCUT2D eigenvalue weighted by Gasteiger charge is -2.25. The molecule has 2 aliphatic heterocycles. The van der Waals surface area contributed by atoms with Crippen molar-refractivity contribution in [3.8, 4) is 17.9 Å². The van der Waals surface area contributed by atoms with Crippen LogP contribution in [-0.4, -0.2) is 32.1 Å². The molecule has 4 rings (SSSR count). The molecule has 1 saturated carbocycles. The quantitative estimate of drug-likeness (QED) is 0.867. The van der Waals surface area contributed by atoms with Crippen LogP contribution in [0.1, 0.15) is 11.5 Å². The Morgan fingerprint density at radius 2 is 2.04 bits per heavy atom. The molecule has 1 aliphatic carbocycles. The highest BCUT2D eigenvalue weighted by Crippen LogP contribution is 2.82. The summed E-state index contributed by atoms with van der Waals surface area (Å²) >= 11 is 0. The van der Waals surface area contributed by atoms with E-state index in [0.717, 1.165) is 5.56 Å². The van der Waals surface area contributed by atoms with Gasteiger partial charge in [-0.25, -0.2) is 4.99 Å². The Hall–Kier alpha value is -2.61. The number of nitriles is 2. The Balaban J connectivity index is 1.91. The minimum absolute atomic E-state index is 0.0938. The molecule has 3 aliphatic rings. The minimum atomic E-state index is -1.49. The summed E-state index contributed by atoms with van der Waals surface area (Å²) in [7, 11) is 1.56. The van der Waals surface area contributed by atoms with Gasteiger partial charge < -0.3 is 19.9 Å².